The summed E-state index contributed by atoms with van der Waals surface area (Å²) in [5.74, 6) is 0.0587. The molecule has 0 spiro atoms. The summed E-state index contributed by atoms with van der Waals surface area (Å²) in [4.78, 5) is 13.1. The molecule has 2 aliphatic rings. The second kappa shape index (κ2) is 4.44. The van der Waals surface area contributed by atoms with Crippen LogP contribution in [0.5, 0.6) is 0 Å². The Labute approximate surface area is 121 Å². The predicted molar refractivity (Wildman–Crippen MR) is 81.8 cm³/mol. The van der Waals surface area contributed by atoms with Crippen molar-refractivity contribution in [2.24, 2.45) is 22.0 Å². The van der Waals surface area contributed by atoms with Crippen molar-refractivity contribution in [2.45, 2.75) is 65.8 Å². The van der Waals surface area contributed by atoms with E-state index in [4.69, 9.17) is 18.0 Å². The fourth-order valence-electron chi connectivity index (χ4n) is 3.57. The molecule has 0 aliphatic heterocycles. The SMILES string of the molecule is CC1(C)C(NC(=O)C2(C(N)=S)CCCCC2)C1(C)C. The number of hydrogen-bond donors (Lipinski definition) is 2. The zero-order valence-electron chi connectivity index (χ0n) is 12.5. The number of nitrogens with one attached hydrogen (secondary N) is 1. The highest BCUT2D eigenvalue weighted by atomic mass is 32.1. The summed E-state index contributed by atoms with van der Waals surface area (Å²) in [6, 6.07) is 0.223. The third kappa shape index (κ3) is 2.08. The van der Waals surface area contributed by atoms with Crippen LogP contribution < -0.4 is 11.1 Å². The molecule has 0 atom stereocenters. The van der Waals surface area contributed by atoms with E-state index >= 15 is 0 Å². The standard InChI is InChI=1S/C15H26N2OS/c1-13(2)10(14(13,3)4)17-12(18)15(11(16)19)8-6-5-7-9-15/h10H,5-9H2,1-4H3,(H2,16,19)(H,17,18). The van der Waals surface area contributed by atoms with E-state index in [9.17, 15) is 4.79 Å². The molecule has 2 aliphatic carbocycles. The van der Waals surface area contributed by atoms with E-state index in [-0.39, 0.29) is 22.8 Å². The third-order valence-corrected chi connectivity index (χ3v) is 6.30. The van der Waals surface area contributed by atoms with Crippen LogP contribution in [0, 0.1) is 16.2 Å². The topological polar surface area (TPSA) is 55.1 Å². The number of thiocarbonyl (C=S) groups is 1. The minimum absolute atomic E-state index is 0.0587. The van der Waals surface area contributed by atoms with Crippen LogP contribution in [-0.4, -0.2) is 16.9 Å². The molecule has 0 unspecified atom stereocenters. The Morgan fingerprint density at radius 2 is 1.58 bits per heavy atom. The molecule has 3 N–H and O–H groups in total. The lowest BCUT2D eigenvalue weighted by Crippen LogP contribution is -2.51. The number of nitrogens with two attached hydrogens (primary N) is 1. The van der Waals surface area contributed by atoms with Gasteiger partial charge in [-0.25, -0.2) is 0 Å². The summed E-state index contributed by atoms with van der Waals surface area (Å²) in [6.07, 6.45) is 4.88. The lowest BCUT2D eigenvalue weighted by molar-refractivity contribution is -0.129. The fraction of sp³-hybridized carbons (Fsp3) is 0.867. The highest BCUT2D eigenvalue weighted by Gasteiger charge is 2.66. The van der Waals surface area contributed by atoms with Gasteiger partial charge in [-0.15, -0.1) is 0 Å². The van der Waals surface area contributed by atoms with Crippen LogP contribution >= 0.6 is 12.2 Å². The smallest absolute Gasteiger partial charge is 0.233 e. The summed E-state index contributed by atoms with van der Waals surface area (Å²) >= 11 is 5.21. The van der Waals surface area contributed by atoms with E-state index in [0.717, 1.165) is 25.7 Å². The largest absolute Gasteiger partial charge is 0.392 e. The molecule has 0 radical (unpaired) electrons. The Hall–Kier alpha value is -0.640. The van der Waals surface area contributed by atoms with E-state index in [1.165, 1.54) is 6.42 Å². The molecular formula is C15H26N2OS. The minimum atomic E-state index is -0.595. The number of rotatable bonds is 3. The van der Waals surface area contributed by atoms with Crippen LogP contribution in [0.15, 0.2) is 0 Å². The molecule has 0 heterocycles. The number of carbonyl (C=O) groups is 1. The molecule has 0 aromatic carbocycles. The van der Waals surface area contributed by atoms with Gasteiger partial charge in [-0.2, -0.15) is 0 Å². The van der Waals surface area contributed by atoms with Crippen molar-refractivity contribution in [3.8, 4) is 0 Å². The first-order valence-corrected chi connectivity index (χ1v) is 7.68. The molecule has 0 saturated heterocycles. The summed E-state index contributed by atoms with van der Waals surface area (Å²) in [5, 5.41) is 3.22. The molecule has 0 aromatic heterocycles. The molecule has 2 fully saturated rings. The van der Waals surface area contributed by atoms with Crippen molar-refractivity contribution >= 4 is 23.1 Å². The van der Waals surface area contributed by atoms with Gasteiger partial charge in [-0.1, -0.05) is 59.2 Å². The number of amides is 1. The molecule has 1 amide bonds. The first-order chi connectivity index (χ1) is 8.66. The molecule has 19 heavy (non-hydrogen) atoms. The maximum Gasteiger partial charge on any atom is 0.233 e. The Morgan fingerprint density at radius 1 is 1.11 bits per heavy atom. The van der Waals surface area contributed by atoms with Gasteiger partial charge in [0.1, 0.15) is 0 Å². The van der Waals surface area contributed by atoms with Gasteiger partial charge in [0.25, 0.3) is 0 Å². The van der Waals surface area contributed by atoms with Crippen LogP contribution in [0.1, 0.15) is 59.8 Å². The van der Waals surface area contributed by atoms with E-state index < -0.39 is 5.41 Å². The average Bonchev–Trinajstić information content (AvgIpc) is 2.72. The van der Waals surface area contributed by atoms with Crippen LogP contribution in [0.25, 0.3) is 0 Å². The van der Waals surface area contributed by atoms with Crippen LogP contribution in [-0.2, 0) is 4.79 Å². The Morgan fingerprint density at radius 3 is 1.95 bits per heavy atom. The molecule has 2 saturated carbocycles. The van der Waals surface area contributed by atoms with Crippen molar-refractivity contribution in [1.82, 2.24) is 5.32 Å². The van der Waals surface area contributed by atoms with Gasteiger partial charge in [0.05, 0.1) is 10.4 Å². The van der Waals surface area contributed by atoms with E-state index in [1.807, 2.05) is 0 Å². The molecular weight excluding hydrogens is 256 g/mol. The first kappa shape index (κ1) is 14.8. The van der Waals surface area contributed by atoms with Crippen molar-refractivity contribution < 1.29 is 4.79 Å². The van der Waals surface area contributed by atoms with Crippen LogP contribution in [0.2, 0.25) is 0 Å². The molecule has 0 bridgehead atoms. The summed E-state index contributed by atoms with van der Waals surface area (Å²) in [6.45, 7) is 8.80. The van der Waals surface area contributed by atoms with Gasteiger partial charge >= 0.3 is 0 Å². The van der Waals surface area contributed by atoms with Crippen molar-refractivity contribution in [3.63, 3.8) is 0 Å². The maximum atomic E-state index is 12.7. The van der Waals surface area contributed by atoms with E-state index in [0.29, 0.717) is 4.99 Å². The van der Waals surface area contributed by atoms with Gasteiger partial charge in [0.2, 0.25) is 5.91 Å². The highest BCUT2D eigenvalue weighted by molar-refractivity contribution is 7.80. The Kier molecular flexibility index (Phi) is 3.45. The zero-order chi connectivity index (χ0) is 14.5. The van der Waals surface area contributed by atoms with E-state index in [1.54, 1.807) is 0 Å². The normalized spacial score (nSPS) is 27.6. The minimum Gasteiger partial charge on any atom is -0.392 e. The van der Waals surface area contributed by atoms with Gasteiger partial charge in [0.15, 0.2) is 0 Å². The Balaban J connectivity index is 2.12. The van der Waals surface area contributed by atoms with Gasteiger partial charge < -0.3 is 11.1 Å². The van der Waals surface area contributed by atoms with Crippen LogP contribution in [0.3, 0.4) is 0 Å². The predicted octanol–water partition coefficient (Wildman–Crippen LogP) is 2.77. The maximum absolute atomic E-state index is 12.7. The van der Waals surface area contributed by atoms with Crippen molar-refractivity contribution in [1.29, 1.82) is 0 Å². The second-order valence-electron chi connectivity index (χ2n) is 7.36. The Bertz CT molecular complexity index is 394. The van der Waals surface area contributed by atoms with Crippen molar-refractivity contribution in [2.75, 3.05) is 0 Å². The van der Waals surface area contributed by atoms with Gasteiger partial charge in [0, 0.05) is 6.04 Å². The van der Waals surface area contributed by atoms with E-state index in [2.05, 4.69) is 33.0 Å². The summed E-state index contributed by atoms with van der Waals surface area (Å²) in [5.41, 5.74) is 5.61. The summed E-state index contributed by atoms with van der Waals surface area (Å²) in [7, 11) is 0. The fourth-order valence-corrected chi connectivity index (χ4v) is 3.86. The number of carbonyl (C=O) groups excluding carboxylic acids is 1. The lowest BCUT2D eigenvalue weighted by Gasteiger charge is -2.35. The van der Waals surface area contributed by atoms with Gasteiger partial charge in [-0.3, -0.25) is 4.79 Å². The second-order valence-corrected chi connectivity index (χ2v) is 7.80. The van der Waals surface area contributed by atoms with Crippen LogP contribution in [0.4, 0.5) is 0 Å². The van der Waals surface area contributed by atoms with Gasteiger partial charge in [-0.05, 0) is 23.7 Å². The quantitative estimate of drug-likeness (QED) is 0.783. The molecule has 4 heteroatoms. The highest BCUT2D eigenvalue weighted by Crippen LogP contribution is 2.62. The molecule has 108 valence electrons. The molecule has 0 aromatic rings. The first-order valence-electron chi connectivity index (χ1n) is 7.27. The molecule has 3 nitrogen and oxygen atoms in total. The number of hydrogen-bond acceptors (Lipinski definition) is 2. The lowest BCUT2D eigenvalue weighted by atomic mass is 9.73. The average molecular weight is 282 g/mol. The third-order valence-electron chi connectivity index (χ3n) is 5.91. The monoisotopic (exact) mass is 282 g/mol. The summed E-state index contributed by atoms with van der Waals surface area (Å²) < 4.78 is 0. The van der Waals surface area contributed by atoms with Crippen molar-refractivity contribution in [3.05, 3.63) is 0 Å². The zero-order valence-corrected chi connectivity index (χ0v) is 13.3. The molecule has 2 rings (SSSR count).